The van der Waals surface area contributed by atoms with E-state index >= 15 is 0 Å². The summed E-state index contributed by atoms with van der Waals surface area (Å²) in [6.07, 6.45) is 0.689. The molecule has 0 saturated carbocycles. The van der Waals surface area contributed by atoms with Crippen molar-refractivity contribution in [1.29, 1.82) is 0 Å². The molecule has 0 spiro atoms. The Hall–Kier alpha value is -0.870. The number of carbonyl (C=O) groups is 1. The molecule has 17 heavy (non-hydrogen) atoms. The van der Waals surface area contributed by atoms with E-state index in [-0.39, 0.29) is 12.5 Å². The summed E-state index contributed by atoms with van der Waals surface area (Å²) in [5.74, 6) is -0.149. The molecule has 0 aliphatic rings. The Labute approximate surface area is 110 Å². The minimum Gasteiger partial charge on any atom is -0.394 e. The van der Waals surface area contributed by atoms with Gasteiger partial charge >= 0.3 is 0 Å². The first-order valence-corrected chi connectivity index (χ1v) is 6.75. The van der Waals surface area contributed by atoms with Gasteiger partial charge in [-0.2, -0.15) is 0 Å². The average molecular weight is 300 g/mol. The van der Waals surface area contributed by atoms with Crippen LogP contribution in [0.3, 0.4) is 0 Å². The minimum absolute atomic E-state index is 0.0608. The summed E-state index contributed by atoms with van der Waals surface area (Å²) in [7, 11) is 0. The number of amides is 1. The van der Waals surface area contributed by atoms with Crippen molar-refractivity contribution in [1.82, 2.24) is 5.32 Å². The molecule has 2 N–H and O–H groups in total. The lowest BCUT2D eigenvalue weighted by Gasteiger charge is -2.27. The van der Waals surface area contributed by atoms with E-state index in [2.05, 4.69) is 21.2 Å². The number of alkyl halides is 1. The zero-order chi connectivity index (χ0) is 12.9. The fourth-order valence-electron chi connectivity index (χ4n) is 1.33. The van der Waals surface area contributed by atoms with Crippen LogP contribution in [0.2, 0.25) is 0 Å². The molecule has 0 heterocycles. The molecule has 94 valence electrons. The number of hydrogen-bond acceptors (Lipinski definition) is 2. The third-order valence-electron chi connectivity index (χ3n) is 2.92. The number of nitrogens with one attached hydrogen (secondary N) is 1. The van der Waals surface area contributed by atoms with Gasteiger partial charge in [-0.1, -0.05) is 35.0 Å². The third-order valence-corrected chi connectivity index (χ3v) is 3.56. The summed E-state index contributed by atoms with van der Waals surface area (Å²) in [6.45, 7) is 3.71. The standard InChI is InChI=1S/C13H18BrNO2/c1-3-13(2,9-16)15-12(17)11-6-4-10(8-14)5-7-11/h4-7,16H,3,8-9H2,1-2H3,(H,15,17). The molecule has 0 fully saturated rings. The van der Waals surface area contributed by atoms with Crippen molar-refractivity contribution in [2.75, 3.05) is 6.61 Å². The largest absolute Gasteiger partial charge is 0.394 e. The number of benzene rings is 1. The van der Waals surface area contributed by atoms with Gasteiger partial charge in [0.15, 0.2) is 0 Å². The number of carbonyl (C=O) groups excluding carboxylic acids is 1. The SMILES string of the molecule is CCC(C)(CO)NC(=O)c1ccc(CBr)cc1. The summed E-state index contributed by atoms with van der Waals surface area (Å²) in [4.78, 5) is 11.9. The molecule has 1 aromatic rings. The van der Waals surface area contributed by atoms with Crippen LogP contribution in [0.25, 0.3) is 0 Å². The Morgan fingerprint density at radius 2 is 2.00 bits per heavy atom. The van der Waals surface area contributed by atoms with Crippen molar-refractivity contribution < 1.29 is 9.90 Å². The summed E-state index contributed by atoms with van der Waals surface area (Å²) in [5, 5.41) is 12.9. The van der Waals surface area contributed by atoms with E-state index in [0.717, 1.165) is 10.9 Å². The molecule has 1 amide bonds. The van der Waals surface area contributed by atoms with Gasteiger partial charge in [0, 0.05) is 10.9 Å². The molecule has 0 radical (unpaired) electrons. The van der Waals surface area contributed by atoms with Gasteiger partial charge in [0.1, 0.15) is 0 Å². The fourth-order valence-corrected chi connectivity index (χ4v) is 1.71. The van der Waals surface area contributed by atoms with Crippen LogP contribution in [0.5, 0.6) is 0 Å². The van der Waals surface area contributed by atoms with Crippen LogP contribution in [0, 0.1) is 0 Å². The predicted molar refractivity (Wildman–Crippen MR) is 72.3 cm³/mol. The topological polar surface area (TPSA) is 49.3 Å². The highest BCUT2D eigenvalue weighted by atomic mass is 79.9. The van der Waals surface area contributed by atoms with Gasteiger partial charge in [-0.3, -0.25) is 4.79 Å². The first-order chi connectivity index (χ1) is 8.04. The highest BCUT2D eigenvalue weighted by molar-refractivity contribution is 9.08. The van der Waals surface area contributed by atoms with Crippen LogP contribution < -0.4 is 5.32 Å². The molecule has 0 aromatic heterocycles. The quantitative estimate of drug-likeness (QED) is 0.821. The lowest BCUT2D eigenvalue weighted by molar-refractivity contribution is 0.0847. The summed E-state index contributed by atoms with van der Waals surface area (Å²) < 4.78 is 0. The van der Waals surface area contributed by atoms with Crippen molar-refractivity contribution in [2.24, 2.45) is 0 Å². The number of aliphatic hydroxyl groups excluding tert-OH is 1. The van der Waals surface area contributed by atoms with Crippen molar-refractivity contribution in [2.45, 2.75) is 31.1 Å². The zero-order valence-corrected chi connectivity index (χ0v) is 11.8. The molecular formula is C13H18BrNO2. The fraction of sp³-hybridized carbons (Fsp3) is 0.462. The third kappa shape index (κ3) is 3.82. The molecule has 1 aromatic carbocycles. The summed E-state index contributed by atoms with van der Waals surface area (Å²) >= 11 is 3.36. The van der Waals surface area contributed by atoms with Crippen LogP contribution >= 0.6 is 15.9 Å². The molecule has 1 atom stereocenters. The normalized spacial score (nSPS) is 14.1. The van der Waals surface area contributed by atoms with Crippen LogP contribution in [0.4, 0.5) is 0 Å². The molecular weight excluding hydrogens is 282 g/mol. The smallest absolute Gasteiger partial charge is 0.251 e. The Balaban J connectivity index is 2.75. The molecule has 0 saturated heterocycles. The molecule has 1 rings (SSSR count). The van der Waals surface area contributed by atoms with Gasteiger partial charge in [0.25, 0.3) is 5.91 Å². The van der Waals surface area contributed by atoms with Crippen molar-refractivity contribution >= 4 is 21.8 Å². The second kappa shape index (κ2) is 6.17. The maximum Gasteiger partial charge on any atom is 0.251 e. The van der Waals surface area contributed by atoms with E-state index in [0.29, 0.717) is 12.0 Å². The molecule has 0 bridgehead atoms. The summed E-state index contributed by atoms with van der Waals surface area (Å²) in [5.41, 5.74) is 1.19. The van der Waals surface area contributed by atoms with Gasteiger partial charge in [-0.15, -0.1) is 0 Å². The van der Waals surface area contributed by atoms with Crippen LogP contribution in [0.1, 0.15) is 36.2 Å². The van der Waals surface area contributed by atoms with Crippen molar-refractivity contribution in [3.63, 3.8) is 0 Å². The van der Waals surface area contributed by atoms with E-state index in [9.17, 15) is 9.90 Å². The monoisotopic (exact) mass is 299 g/mol. The lowest BCUT2D eigenvalue weighted by Crippen LogP contribution is -2.48. The molecule has 0 aliphatic heterocycles. The Bertz CT molecular complexity index is 372. The molecule has 1 unspecified atom stereocenters. The average Bonchev–Trinajstić information content (AvgIpc) is 2.38. The highest BCUT2D eigenvalue weighted by Gasteiger charge is 2.23. The van der Waals surface area contributed by atoms with Crippen LogP contribution in [-0.4, -0.2) is 23.2 Å². The maximum absolute atomic E-state index is 11.9. The highest BCUT2D eigenvalue weighted by Crippen LogP contribution is 2.12. The van der Waals surface area contributed by atoms with E-state index in [4.69, 9.17) is 0 Å². The number of rotatable bonds is 5. The van der Waals surface area contributed by atoms with Gasteiger partial charge in [0.2, 0.25) is 0 Å². The van der Waals surface area contributed by atoms with Crippen molar-refractivity contribution in [3.05, 3.63) is 35.4 Å². The van der Waals surface area contributed by atoms with E-state index in [1.165, 1.54) is 0 Å². The maximum atomic E-state index is 11.9. The molecule has 4 heteroatoms. The van der Waals surface area contributed by atoms with Crippen LogP contribution in [-0.2, 0) is 5.33 Å². The second-order valence-corrected chi connectivity index (χ2v) is 4.92. The van der Waals surface area contributed by atoms with Gasteiger partial charge < -0.3 is 10.4 Å². The predicted octanol–water partition coefficient (Wildman–Crippen LogP) is 2.47. The number of hydrogen-bond donors (Lipinski definition) is 2. The van der Waals surface area contributed by atoms with Gasteiger partial charge in [-0.25, -0.2) is 0 Å². The van der Waals surface area contributed by atoms with Gasteiger partial charge in [-0.05, 0) is 31.0 Å². The summed E-state index contributed by atoms with van der Waals surface area (Å²) in [6, 6.07) is 7.40. The number of aliphatic hydroxyl groups is 1. The Morgan fingerprint density at radius 1 is 1.41 bits per heavy atom. The van der Waals surface area contributed by atoms with E-state index in [1.54, 1.807) is 12.1 Å². The van der Waals surface area contributed by atoms with Crippen molar-refractivity contribution in [3.8, 4) is 0 Å². The Kier molecular flexibility index (Phi) is 5.15. The zero-order valence-electron chi connectivity index (χ0n) is 10.2. The van der Waals surface area contributed by atoms with Gasteiger partial charge in [0.05, 0.1) is 12.1 Å². The van der Waals surface area contributed by atoms with Crippen LogP contribution in [0.15, 0.2) is 24.3 Å². The molecule has 0 aliphatic carbocycles. The lowest BCUT2D eigenvalue weighted by atomic mass is 9.99. The molecule has 3 nitrogen and oxygen atoms in total. The number of halogens is 1. The first-order valence-electron chi connectivity index (χ1n) is 5.63. The second-order valence-electron chi connectivity index (χ2n) is 4.36. The van der Waals surface area contributed by atoms with E-state index < -0.39 is 5.54 Å². The van der Waals surface area contributed by atoms with E-state index in [1.807, 2.05) is 26.0 Å². The minimum atomic E-state index is -0.550. The Morgan fingerprint density at radius 3 is 2.41 bits per heavy atom. The first kappa shape index (κ1) is 14.2.